The van der Waals surface area contributed by atoms with Crippen LogP contribution in [0.5, 0.6) is 11.5 Å². The quantitative estimate of drug-likeness (QED) is 0.651. The molecular formula is C21H24N2O2S. The molecule has 3 rings (SSSR count). The summed E-state index contributed by atoms with van der Waals surface area (Å²) in [6.45, 7) is 4.87. The van der Waals surface area contributed by atoms with Crippen LogP contribution in [-0.4, -0.2) is 19.9 Å². The van der Waals surface area contributed by atoms with E-state index in [1.807, 2.05) is 18.2 Å². The number of aryl methyl sites for hydroxylation is 1. The van der Waals surface area contributed by atoms with Gasteiger partial charge >= 0.3 is 0 Å². The Bertz CT molecular complexity index is 846. The van der Waals surface area contributed by atoms with Gasteiger partial charge in [0.25, 0.3) is 0 Å². The lowest BCUT2D eigenvalue weighted by atomic mass is 9.96. The molecule has 1 aliphatic rings. The van der Waals surface area contributed by atoms with Crippen LogP contribution in [0.3, 0.4) is 0 Å². The fourth-order valence-corrected chi connectivity index (χ4v) is 4.21. The lowest BCUT2D eigenvalue weighted by molar-refractivity contribution is 0.257. The number of aliphatic imine (C=N–C) groups is 1. The minimum Gasteiger partial charge on any atom is -0.493 e. The van der Waals surface area contributed by atoms with E-state index < -0.39 is 0 Å². The van der Waals surface area contributed by atoms with Gasteiger partial charge in [-0.25, -0.2) is 4.99 Å². The van der Waals surface area contributed by atoms with Gasteiger partial charge in [-0.15, -0.1) is 11.3 Å². The molecule has 136 valence electrons. The summed E-state index contributed by atoms with van der Waals surface area (Å²) < 4.78 is 11.2. The molecule has 1 aromatic carbocycles. The number of hydrogen-bond acceptors (Lipinski definition) is 5. The Morgan fingerprint density at radius 1 is 1.27 bits per heavy atom. The molecule has 0 amide bonds. The first kappa shape index (κ1) is 18.5. The van der Waals surface area contributed by atoms with E-state index in [9.17, 15) is 5.26 Å². The number of nitriles is 1. The average Bonchev–Trinajstić information content (AvgIpc) is 3.02. The summed E-state index contributed by atoms with van der Waals surface area (Å²) in [6, 6.07) is 8.14. The van der Waals surface area contributed by atoms with Gasteiger partial charge in [0.05, 0.1) is 19.3 Å². The fourth-order valence-electron chi connectivity index (χ4n) is 3.03. The molecule has 0 aliphatic heterocycles. The third kappa shape index (κ3) is 4.08. The zero-order valence-electron chi connectivity index (χ0n) is 15.5. The molecule has 0 bridgehead atoms. The van der Waals surface area contributed by atoms with Crippen molar-refractivity contribution in [2.45, 2.75) is 39.5 Å². The predicted octanol–water partition coefficient (Wildman–Crippen LogP) is 5.29. The molecule has 0 fully saturated rings. The first-order valence-corrected chi connectivity index (χ1v) is 9.83. The highest BCUT2D eigenvalue weighted by Crippen LogP contribution is 2.39. The van der Waals surface area contributed by atoms with Crippen LogP contribution in [0.25, 0.3) is 0 Å². The van der Waals surface area contributed by atoms with Crippen molar-refractivity contribution < 1.29 is 9.47 Å². The minimum absolute atomic E-state index is 0.454. The largest absolute Gasteiger partial charge is 0.493 e. The molecule has 1 aromatic heterocycles. The van der Waals surface area contributed by atoms with Crippen molar-refractivity contribution in [3.05, 3.63) is 39.8 Å². The van der Waals surface area contributed by atoms with Gasteiger partial charge in [-0.1, -0.05) is 13.8 Å². The molecule has 1 aliphatic carbocycles. The molecule has 0 N–H and O–H groups in total. The number of methoxy groups -OCH3 is 1. The summed E-state index contributed by atoms with van der Waals surface area (Å²) >= 11 is 1.65. The van der Waals surface area contributed by atoms with Crippen LogP contribution in [0.2, 0.25) is 0 Å². The molecule has 0 saturated heterocycles. The Balaban J connectivity index is 1.83. The van der Waals surface area contributed by atoms with Crippen molar-refractivity contribution in [3.63, 3.8) is 0 Å². The van der Waals surface area contributed by atoms with E-state index in [0.29, 0.717) is 18.3 Å². The van der Waals surface area contributed by atoms with Crippen LogP contribution in [0.4, 0.5) is 5.00 Å². The highest BCUT2D eigenvalue weighted by Gasteiger charge is 2.20. The molecule has 0 spiro atoms. The Kier molecular flexibility index (Phi) is 5.95. The van der Waals surface area contributed by atoms with E-state index in [1.54, 1.807) is 24.7 Å². The number of rotatable bonds is 6. The van der Waals surface area contributed by atoms with Gasteiger partial charge in [0.15, 0.2) is 11.5 Å². The summed E-state index contributed by atoms with van der Waals surface area (Å²) in [4.78, 5) is 5.93. The second kappa shape index (κ2) is 8.37. The monoisotopic (exact) mass is 368 g/mol. The Morgan fingerprint density at radius 3 is 2.81 bits per heavy atom. The van der Waals surface area contributed by atoms with E-state index >= 15 is 0 Å². The fraction of sp³-hybridized carbons (Fsp3) is 0.429. The third-order valence-electron chi connectivity index (χ3n) is 4.36. The van der Waals surface area contributed by atoms with E-state index in [2.05, 4.69) is 24.9 Å². The topological polar surface area (TPSA) is 54.6 Å². The lowest BCUT2D eigenvalue weighted by Gasteiger charge is -2.12. The maximum Gasteiger partial charge on any atom is 0.161 e. The van der Waals surface area contributed by atoms with Crippen molar-refractivity contribution in [2.75, 3.05) is 13.7 Å². The van der Waals surface area contributed by atoms with Crippen LogP contribution in [0.15, 0.2) is 23.2 Å². The summed E-state index contributed by atoms with van der Waals surface area (Å²) in [5.74, 6) is 1.89. The first-order valence-electron chi connectivity index (χ1n) is 9.02. The molecule has 1 heterocycles. The third-order valence-corrected chi connectivity index (χ3v) is 5.56. The minimum atomic E-state index is 0.454. The van der Waals surface area contributed by atoms with Crippen molar-refractivity contribution >= 4 is 22.6 Å². The van der Waals surface area contributed by atoms with Gasteiger partial charge in [0.1, 0.15) is 11.1 Å². The number of hydrogen-bond donors (Lipinski definition) is 0. The van der Waals surface area contributed by atoms with E-state index in [4.69, 9.17) is 9.47 Å². The maximum atomic E-state index is 9.53. The number of thiophene rings is 1. The first-order chi connectivity index (χ1) is 12.6. The SMILES string of the molecule is COc1cc(C=Nc2sc3c(c2C#N)CCCC3)ccc1OCC(C)C. The van der Waals surface area contributed by atoms with Gasteiger partial charge in [-0.05, 0) is 60.9 Å². The maximum absolute atomic E-state index is 9.53. The molecule has 4 nitrogen and oxygen atoms in total. The van der Waals surface area contributed by atoms with Gasteiger partial charge in [-0.2, -0.15) is 5.26 Å². The van der Waals surface area contributed by atoms with Gasteiger partial charge in [0.2, 0.25) is 0 Å². The summed E-state index contributed by atoms with van der Waals surface area (Å²) in [5.41, 5.74) is 2.89. The standard InChI is InChI=1S/C21H24N2O2S/c1-14(2)13-25-18-9-8-15(10-19(18)24-3)12-23-21-17(11-22)16-6-4-5-7-20(16)26-21/h8-10,12,14H,4-7,13H2,1-3H3. The Labute approximate surface area is 159 Å². The van der Waals surface area contributed by atoms with Gasteiger partial charge in [-0.3, -0.25) is 0 Å². The Hall–Kier alpha value is -2.32. The van der Waals surface area contributed by atoms with Crippen molar-refractivity contribution in [3.8, 4) is 17.6 Å². The highest BCUT2D eigenvalue weighted by atomic mass is 32.1. The van der Waals surface area contributed by atoms with Crippen molar-refractivity contribution in [1.82, 2.24) is 0 Å². The molecule has 26 heavy (non-hydrogen) atoms. The zero-order valence-corrected chi connectivity index (χ0v) is 16.4. The molecule has 5 heteroatoms. The number of ether oxygens (including phenoxy) is 2. The molecule has 0 saturated carbocycles. The van der Waals surface area contributed by atoms with Crippen molar-refractivity contribution in [2.24, 2.45) is 10.9 Å². The van der Waals surface area contributed by atoms with Gasteiger partial charge in [0, 0.05) is 11.1 Å². The number of nitrogens with zero attached hydrogens (tertiary/aromatic N) is 2. The van der Waals surface area contributed by atoms with E-state index in [1.165, 1.54) is 16.9 Å². The summed E-state index contributed by atoms with van der Waals surface area (Å²) in [7, 11) is 1.64. The molecule has 0 atom stereocenters. The number of fused-ring (bicyclic) bond motifs is 1. The van der Waals surface area contributed by atoms with E-state index in [-0.39, 0.29) is 0 Å². The molecular weight excluding hydrogens is 344 g/mol. The highest BCUT2D eigenvalue weighted by molar-refractivity contribution is 7.16. The van der Waals surface area contributed by atoms with Crippen LogP contribution < -0.4 is 9.47 Å². The second-order valence-electron chi connectivity index (χ2n) is 6.88. The predicted molar refractivity (Wildman–Crippen MR) is 106 cm³/mol. The number of benzene rings is 1. The second-order valence-corrected chi connectivity index (χ2v) is 7.96. The molecule has 0 radical (unpaired) electrons. The van der Waals surface area contributed by atoms with Crippen LogP contribution in [0.1, 0.15) is 48.3 Å². The lowest BCUT2D eigenvalue weighted by Crippen LogP contribution is -2.05. The Morgan fingerprint density at radius 2 is 2.08 bits per heavy atom. The smallest absolute Gasteiger partial charge is 0.161 e. The molecule has 0 unspecified atom stereocenters. The summed E-state index contributed by atoms with van der Waals surface area (Å²) in [5, 5.41) is 10.3. The van der Waals surface area contributed by atoms with Gasteiger partial charge < -0.3 is 9.47 Å². The average molecular weight is 369 g/mol. The zero-order chi connectivity index (χ0) is 18.5. The van der Waals surface area contributed by atoms with Crippen LogP contribution in [0, 0.1) is 17.2 Å². The van der Waals surface area contributed by atoms with Crippen LogP contribution >= 0.6 is 11.3 Å². The summed E-state index contributed by atoms with van der Waals surface area (Å²) in [6.07, 6.45) is 6.24. The van der Waals surface area contributed by atoms with Crippen LogP contribution in [-0.2, 0) is 12.8 Å². The molecule has 2 aromatic rings. The van der Waals surface area contributed by atoms with Crippen molar-refractivity contribution in [1.29, 1.82) is 5.26 Å². The normalized spacial score (nSPS) is 13.7. The van der Waals surface area contributed by atoms with E-state index in [0.717, 1.165) is 41.1 Å².